The van der Waals surface area contributed by atoms with Crippen LogP contribution in [0.1, 0.15) is 13.3 Å². The Kier molecular flexibility index (Phi) is 6.63. The molecule has 2 rings (SSSR count). The maximum Gasteiger partial charge on any atom is 0.240 e. The molecule has 0 bridgehead atoms. The van der Waals surface area contributed by atoms with Crippen LogP contribution in [0, 0.1) is 0 Å². The van der Waals surface area contributed by atoms with Crippen molar-refractivity contribution in [2.45, 2.75) is 18.2 Å². The molecular formula is C18H24N2O3S. The molecule has 0 amide bonds. The lowest BCUT2D eigenvalue weighted by Gasteiger charge is -2.23. The van der Waals surface area contributed by atoms with Crippen molar-refractivity contribution in [3.05, 3.63) is 54.6 Å². The normalized spacial score (nSPS) is 11.2. The van der Waals surface area contributed by atoms with E-state index in [4.69, 9.17) is 4.74 Å². The van der Waals surface area contributed by atoms with Gasteiger partial charge in [-0.05, 0) is 49.7 Å². The molecule has 2 aromatic rings. The van der Waals surface area contributed by atoms with Crippen molar-refractivity contribution in [1.82, 2.24) is 4.72 Å². The van der Waals surface area contributed by atoms with Crippen LogP contribution in [0.4, 0.5) is 5.69 Å². The summed E-state index contributed by atoms with van der Waals surface area (Å²) in [6.45, 7) is 4.17. The third kappa shape index (κ3) is 4.97. The number of hydrogen-bond acceptors (Lipinski definition) is 4. The number of benzene rings is 2. The highest BCUT2D eigenvalue weighted by molar-refractivity contribution is 7.89. The van der Waals surface area contributed by atoms with E-state index < -0.39 is 10.0 Å². The fourth-order valence-corrected chi connectivity index (χ4v) is 3.50. The lowest BCUT2D eigenvalue weighted by molar-refractivity contribution is 0.414. The summed E-state index contributed by atoms with van der Waals surface area (Å²) in [7, 11) is -1.93. The zero-order valence-corrected chi connectivity index (χ0v) is 14.9. The van der Waals surface area contributed by atoms with E-state index in [1.54, 1.807) is 31.4 Å². The standard InChI is InChI=1S/C18H24N2O3S/c1-3-20(16-8-5-4-6-9-16)15-7-14-19-24(21,22)18-12-10-17(23-2)11-13-18/h4-6,8-13,19H,3,7,14-15H2,1-2H3. The molecule has 0 spiro atoms. The number of para-hydroxylation sites is 1. The summed E-state index contributed by atoms with van der Waals surface area (Å²) in [5.74, 6) is 0.635. The van der Waals surface area contributed by atoms with E-state index in [1.807, 2.05) is 18.2 Å². The van der Waals surface area contributed by atoms with Crippen molar-refractivity contribution in [2.75, 3.05) is 31.6 Å². The van der Waals surface area contributed by atoms with Gasteiger partial charge in [0.15, 0.2) is 0 Å². The molecule has 2 aromatic carbocycles. The SMILES string of the molecule is CCN(CCCNS(=O)(=O)c1ccc(OC)cc1)c1ccccc1. The molecule has 0 fully saturated rings. The van der Waals surface area contributed by atoms with Gasteiger partial charge in [-0.15, -0.1) is 0 Å². The first-order valence-corrected chi connectivity index (χ1v) is 9.49. The Labute approximate surface area is 144 Å². The fourth-order valence-electron chi connectivity index (χ4n) is 2.42. The number of sulfonamides is 1. The smallest absolute Gasteiger partial charge is 0.240 e. The Hall–Kier alpha value is -2.05. The Bertz CT molecular complexity index is 716. The minimum Gasteiger partial charge on any atom is -0.497 e. The van der Waals surface area contributed by atoms with Gasteiger partial charge in [-0.3, -0.25) is 0 Å². The average molecular weight is 348 g/mol. The zero-order chi connectivity index (χ0) is 17.4. The topological polar surface area (TPSA) is 58.6 Å². The summed E-state index contributed by atoms with van der Waals surface area (Å²) in [5, 5.41) is 0. The van der Waals surface area contributed by atoms with Crippen LogP contribution < -0.4 is 14.4 Å². The van der Waals surface area contributed by atoms with Gasteiger partial charge >= 0.3 is 0 Å². The van der Waals surface area contributed by atoms with Crippen LogP contribution in [0.3, 0.4) is 0 Å². The quantitative estimate of drug-likeness (QED) is 0.708. The number of hydrogen-bond donors (Lipinski definition) is 1. The Morgan fingerprint density at radius 2 is 1.71 bits per heavy atom. The van der Waals surface area contributed by atoms with Crippen LogP contribution in [-0.4, -0.2) is 35.2 Å². The van der Waals surface area contributed by atoms with Gasteiger partial charge in [0.25, 0.3) is 0 Å². The molecule has 6 heteroatoms. The number of ether oxygens (including phenoxy) is 1. The molecule has 5 nitrogen and oxygen atoms in total. The summed E-state index contributed by atoms with van der Waals surface area (Å²) in [4.78, 5) is 2.47. The van der Waals surface area contributed by atoms with E-state index in [9.17, 15) is 8.42 Å². The monoisotopic (exact) mass is 348 g/mol. The maximum atomic E-state index is 12.3. The first kappa shape index (κ1) is 18.3. The van der Waals surface area contributed by atoms with Gasteiger partial charge in [0.2, 0.25) is 10.0 Å². The van der Waals surface area contributed by atoms with E-state index in [-0.39, 0.29) is 4.90 Å². The second-order valence-corrected chi connectivity index (χ2v) is 7.11. The molecule has 0 aliphatic carbocycles. The van der Waals surface area contributed by atoms with E-state index in [0.29, 0.717) is 12.3 Å². The predicted molar refractivity (Wildman–Crippen MR) is 97.1 cm³/mol. The molecule has 0 aromatic heterocycles. The van der Waals surface area contributed by atoms with E-state index >= 15 is 0 Å². The minimum atomic E-state index is -3.48. The fraction of sp³-hybridized carbons (Fsp3) is 0.333. The molecule has 0 saturated carbocycles. The molecule has 0 aliphatic rings. The summed E-state index contributed by atoms with van der Waals surface area (Å²) < 4.78 is 32.2. The molecule has 0 heterocycles. The Morgan fingerprint density at radius 1 is 1.04 bits per heavy atom. The summed E-state index contributed by atoms with van der Waals surface area (Å²) >= 11 is 0. The average Bonchev–Trinajstić information content (AvgIpc) is 2.62. The number of rotatable bonds is 9. The molecule has 1 N–H and O–H groups in total. The van der Waals surface area contributed by atoms with E-state index in [0.717, 1.165) is 25.2 Å². The maximum absolute atomic E-state index is 12.3. The molecule has 24 heavy (non-hydrogen) atoms. The lowest BCUT2D eigenvalue weighted by atomic mass is 10.2. The highest BCUT2D eigenvalue weighted by atomic mass is 32.2. The van der Waals surface area contributed by atoms with E-state index in [2.05, 4.69) is 28.7 Å². The van der Waals surface area contributed by atoms with Crippen LogP contribution >= 0.6 is 0 Å². The summed E-state index contributed by atoms with van der Waals surface area (Å²) in [6, 6.07) is 16.5. The molecule has 0 saturated heterocycles. The second kappa shape index (κ2) is 8.70. The van der Waals surface area contributed by atoms with E-state index in [1.165, 1.54) is 0 Å². The molecule has 0 aliphatic heterocycles. The number of nitrogens with one attached hydrogen (secondary N) is 1. The minimum absolute atomic E-state index is 0.249. The Balaban J connectivity index is 1.86. The van der Waals surface area contributed by atoms with Crippen LogP contribution in [0.5, 0.6) is 5.75 Å². The molecule has 0 unspecified atom stereocenters. The third-order valence-corrected chi connectivity index (χ3v) is 5.25. The third-order valence-electron chi connectivity index (χ3n) is 3.77. The van der Waals surface area contributed by atoms with Gasteiger partial charge in [-0.25, -0.2) is 13.1 Å². The number of methoxy groups -OCH3 is 1. The first-order chi connectivity index (χ1) is 11.6. The van der Waals surface area contributed by atoms with Crippen LogP contribution in [0.25, 0.3) is 0 Å². The van der Waals surface area contributed by atoms with Gasteiger partial charge in [-0.1, -0.05) is 18.2 Å². The van der Waals surface area contributed by atoms with Crippen molar-refractivity contribution >= 4 is 15.7 Å². The lowest BCUT2D eigenvalue weighted by Crippen LogP contribution is -2.30. The number of nitrogens with zero attached hydrogens (tertiary/aromatic N) is 1. The molecule has 130 valence electrons. The second-order valence-electron chi connectivity index (χ2n) is 5.34. The first-order valence-electron chi connectivity index (χ1n) is 8.00. The van der Waals surface area contributed by atoms with Gasteiger partial charge in [0.1, 0.15) is 5.75 Å². The van der Waals surface area contributed by atoms with Crippen LogP contribution in [0.15, 0.2) is 59.5 Å². The van der Waals surface area contributed by atoms with Crippen LogP contribution in [-0.2, 0) is 10.0 Å². The van der Waals surface area contributed by atoms with Gasteiger partial charge < -0.3 is 9.64 Å². The zero-order valence-electron chi connectivity index (χ0n) is 14.1. The van der Waals surface area contributed by atoms with Crippen molar-refractivity contribution < 1.29 is 13.2 Å². The van der Waals surface area contributed by atoms with Crippen molar-refractivity contribution in [3.8, 4) is 5.75 Å². The highest BCUT2D eigenvalue weighted by Gasteiger charge is 2.13. The molecular weight excluding hydrogens is 324 g/mol. The Morgan fingerprint density at radius 3 is 2.29 bits per heavy atom. The summed E-state index contributed by atoms with van der Waals surface area (Å²) in [6.07, 6.45) is 0.734. The van der Waals surface area contributed by atoms with Gasteiger partial charge in [0, 0.05) is 25.3 Å². The van der Waals surface area contributed by atoms with Crippen molar-refractivity contribution in [3.63, 3.8) is 0 Å². The van der Waals surface area contributed by atoms with Gasteiger partial charge in [-0.2, -0.15) is 0 Å². The highest BCUT2D eigenvalue weighted by Crippen LogP contribution is 2.16. The van der Waals surface area contributed by atoms with Crippen LogP contribution in [0.2, 0.25) is 0 Å². The largest absolute Gasteiger partial charge is 0.497 e. The van der Waals surface area contributed by atoms with Crippen molar-refractivity contribution in [1.29, 1.82) is 0 Å². The van der Waals surface area contributed by atoms with Gasteiger partial charge in [0.05, 0.1) is 12.0 Å². The predicted octanol–water partition coefficient (Wildman–Crippen LogP) is 2.89. The molecule has 0 radical (unpaired) electrons. The summed E-state index contributed by atoms with van der Waals surface area (Å²) in [5.41, 5.74) is 1.15. The number of anilines is 1. The molecule has 0 atom stereocenters. The van der Waals surface area contributed by atoms with Crippen molar-refractivity contribution in [2.24, 2.45) is 0 Å².